The van der Waals surface area contributed by atoms with Crippen molar-refractivity contribution in [1.82, 2.24) is 0 Å². The minimum atomic E-state index is -0.762. The van der Waals surface area contributed by atoms with Gasteiger partial charge < -0.3 is 9.84 Å². The van der Waals surface area contributed by atoms with Crippen LogP contribution in [-0.4, -0.2) is 16.7 Å². The molecule has 1 aliphatic rings. The summed E-state index contributed by atoms with van der Waals surface area (Å²) in [6, 6.07) is 6.00. The van der Waals surface area contributed by atoms with E-state index in [0.29, 0.717) is 6.42 Å². The monoisotopic (exact) mass is 220 g/mol. The lowest BCUT2D eigenvalue weighted by atomic mass is 10.00. The van der Waals surface area contributed by atoms with Crippen LogP contribution in [0.4, 0.5) is 0 Å². The van der Waals surface area contributed by atoms with Crippen LogP contribution in [0.25, 0.3) is 0 Å². The fourth-order valence-electron chi connectivity index (χ4n) is 2.04. The number of ether oxygens (including phenoxy) is 1. The summed E-state index contributed by atoms with van der Waals surface area (Å²) in [6.07, 6.45) is 1.65. The summed E-state index contributed by atoms with van der Waals surface area (Å²) in [6.45, 7) is 4.12. The molecule has 0 saturated carbocycles. The summed E-state index contributed by atoms with van der Waals surface area (Å²) in [7, 11) is 0. The lowest BCUT2D eigenvalue weighted by Crippen LogP contribution is -2.24. The maximum Gasteiger partial charge on any atom is 0.303 e. The molecule has 0 unspecified atom stereocenters. The highest BCUT2D eigenvalue weighted by atomic mass is 16.5. The molecule has 1 aliphatic heterocycles. The molecule has 0 aromatic heterocycles. The number of hydrogen-bond acceptors (Lipinski definition) is 2. The van der Waals surface area contributed by atoms with E-state index in [0.717, 1.165) is 17.7 Å². The molecule has 0 saturated heterocycles. The molecule has 1 N–H and O–H groups in total. The highest BCUT2D eigenvalue weighted by molar-refractivity contribution is 5.67. The van der Waals surface area contributed by atoms with Gasteiger partial charge in [-0.15, -0.1) is 0 Å². The van der Waals surface area contributed by atoms with Gasteiger partial charge in [0.15, 0.2) is 0 Å². The third kappa shape index (κ3) is 2.35. The van der Waals surface area contributed by atoms with E-state index in [1.165, 1.54) is 5.56 Å². The van der Waals surface area contributed by atoms with Gasteiger partial charge >= 0.3 is 5.97 Å². The van der Waals surface area contributed by atoms with E-state index >= 15 is 0 Å². The average molecular weight is 220 g/mol. The molecule has 0 fully saturated rings. The topological polar surface area (TPSA) is 46.5 Å². The number of benzene rings is 1. The minimum Gasteiger partial charge on any atom is -0.487 e. The van der Waals surface area contributed by atoms with Gasteiger partial charge in [-0.1, -0.05) is 12.1 Å². The summed E-state index contributed by atoms with van der Waals surface area (Å²) < 4.78 is 5.79. The SMILES string of the molecule is CC1(C)Cc2ccc(CCC(=O)O)cc2O1. The number of carbonyl (C=O) groups is 1. The Morgan fingerprint density at radius 2 is 2.25 bits per heavy atom. The summed E-state index contributed by atoms with van der Waals surface area (Å²) in [4.78, 5) is 10.5. The fourth-order valence-corrected chi connectivity index (χ4v) is 2.04. The molecule has 0 aliphatic carbocycles. The zero-order chi connectivity index (χ0) is 11.8. The molecule has 1 heterocycles. The number of aryl methyl sites for hydroxylation is 1. The quantitative estimate of drug-likeness (QED) is 0.850. The molecule has 0 amide bonds. The molecule has 1 aromatic rings. The van der Waals surface area contributed by atoms with E-state index in [2.05, 4.69) is 13.8 Å². The second-order valence-corrected chi connectivity index (χ2v) is 4.87. The molecule has 0 atom stereocenters. The molecular weight excluding hydrogens is 204 g/mol. The van der Waals surface area contributed by atoms with Crippen LogP contribution in [0.15, 0.2) is 18.2 Å². The molecule has 2 rings (SSSR count). The molecular formula is C13H16O3. The number of fused-ring (bicyclic) bond motifs is 1. The normalized spacial score (nSPS) is 16.6. The number of hydrogen-bond donors (Lipinski definition) is 1. The van der Waals surface area contributed by atoms with Crippen molar-refractivity contribution in [3.05, 3.63) is 29.3 Å². The number of rotatable bonds is 3. The van der Waals surface area contributed by atoms with Crippen LogP contribution >= 0.6 is 0 Å². The van der Waals surface area contributed by atoms with E-state index in [9.17, 15) is 4.79 Å². The van der Waals surface area contributed by atoms with Gasteiger partial charge in [0.2, 0.25) is 0 Å². The van der Waals surface area contributed by atoms with Crippen LogP contribution < -0.4 is 4.74 Å². The molecule has 3 heteroatoms. The molecule has 86 valence electrons. The van der Waals surface area contributed by atoms with Gasteiger partial charge in [0.05, 0.1) is 0 Å². The Labute approximate surface area is 95.0 Å². The maximum absolute atomic E-state index is 10.5. The van der Waals surface area contributed by atoms with Crippen molar-refractivity contribution in [3.63, 3.8) is 0 Å². The van der Waals surface area contributed by atoms with E-state index in [1.54, 1.807) is 0 Å². The Bertz CT molecular complexity index is 421. The summed E-state index contributed by atoms with van der Waals surface area (Å²) in [5, 5.41) is 8.62. The smallest absolute Gasteiger partial charge is 0.303 e. The van der Waals surface area contributed by atoms with Crippen molar-refractivity contribution in [1.29, 1.82) is 0 Å². The van der Waals surface area contributed by atoms with E-state index in [-0.39, 0.29) is 12.0 Å². The first-order valence-corrected chi connectivity index (χ1v) is 5.49. The van der Waals surface area contributed by atoms with Crippen LogP contribution in [0.2, 0.25) is 0 Å². The Kier molecular flexibility index (Phi) is 2.62. The molecule has 0 bridgehead atoms. The van der Waals surface area contributed by atoms with Gasteiger partial charge in [-0.25, -0.2) is 0 Å². The highest BCUT2D eigenvalue weighted by Crippen LogP contribution is 2.35. The standard InChI is InChI=1S/C13H16O3/c1-13(2)8-10-5-3-9(4-6-12(14)15)7-11(10)16-13/h3,5,7H,4,6,8H2,1-2H3,(H,14,15). The molecule has 3 nitrogen and oxygen atoms in total. The first kappa shape index (κ1) is 11.0. The molecule has 16 heavy (non-hydrogen) atoms. The first-order valence-electron chi connectivity index (χ1n) is 5.49. The van der Waals surface area contributed by atoms with Gasteiger partial charge in [-0.05, 0) is 37.5 Å². The lowest BCUT2D eigenvalue weighted by Gasteiger charge is -2.16. The Morgan fingerprint density at radius 1 is 1.50 bits per heavy atom. The number of carboxylic acid groups (broad SMARTS) is 1. The van der Waals surface area contributed by atoms with E-state index < -0.39 is 5.97 Å². The van der Waals surface area contributed by atoms with Crippen LogP contribution in [0.5, 0.6) is 5.75 Å². The van der Waals surface area contributed by atoms with Gasteiger partial charge in [0, 0.05) is 12.8 Å². The largest absolute Gasteiger partial charge is 0.487 e. The van der Waals surface area contributed by atoms with Crippen molar-refractivity contribution in [2.45, 2.75) is 38.7 Å². The van der Waals surface area contributed by atoms with Crippen LogP contribution in [-0.2, 0) is 17.6 Å². The Hall–Kier alpha value is -1.51. The van der Waals surface area contributed by atoms with Crippen molar-refractivity contribution in [2.24, 2.45) is 0 Å². The van der Waals surface area contributed by atoms with Gasteiger partial charge in [0.1, 0.15) is 11.4 Å². The zero-order valence-corrected chi connectivity index (χ0v) is 9.62. The molecule has 0 spiro atoms. The predicted octanol–water partition coefficient (Wildman–Crippen LogP) is 2.42. The maximum atomic E-state index is 10.5. The summed E-state index contributed by atoms with van der Waals surface area (Å²) >= 11 is 0. The summed E-state index contributed by atoms with van der Waals surface area (Å²) in [5.41, 5.74) is 2.11. The fraction of sp³-hybridized carbons (Fsp3) is 0.462. The van der Waals surface area contributed by atoms with Crippen molar-refractivity contribution >= 4 is 5.97 Å². The third-order valence-electron chi connectivity index (χ3n) is 2.76. The zero-order valence-electron chi connectivity index (χ0n) is 9.62. The summed E-state index contributed by atoms with van der Waals surface area (Å²) in [5.74, 6) is 0.148. The third-order valence-corrected chi connectivity index (χ3v) is 2.76. The molecule has 0 radical (unpaired) electrons. The van der Waals surface area contributed by atoms with Crippen molar-refractivity contribution < 1.29 is 14.6 Å². The van der Waals surface area contributed by atoms with Crippen molar-refractivity contribution in [2.75, 3.05) is 0 Å². The van der Waals surface area contributed by atoms with Gasteiger partial charge in [-0.2, -0.15) is 0 Å². The number of aliphatic carboxylic acids is 1. The van der Waals surface area contributed by atoms with Gasteiger partial charge in [0.25, 0.3) is 0 Å². The Morgan fingerprint density at radius 3 is 2.94 bits per heavy atom. The van der Waals surface area contributed by atoms with E-state index in [1.807, 2.05) is 18.2 Å². The Balaban J connectivity index is 2.13. The van der Waals surface area contributed by atoms with Crippen LogP contribution in [0.1, 0.15) is 31.4 Å². The molecule has 1 aromatic carbocycles. The first-order chi connectivity index (χ1) is 7.46. The second kappa shape index (κ2) is 3.81. The predicted molar refractivity (Wildman–Crippen MR) is 60.8 cm³/mol. The van der Waals surface area contributed by atoms with Crippen molar-refractivity contribution in [3.8, 4) is 5.75 Å². The van der Waals surface area contributed by atoms with Crippen LogP contribution in [0, 0.1) is 0 Å². The average Bonchev–Trinajstić information content (AvgIpc) is 2.47. The second-order valence-electron chi connectivity index (χ2n) is 4.87. The number of carboxylic acids is 1. The van der Waals surface area contributed by atoms with Crippen LogP contribution in [0.3, 0.4) is 0 Å². The highest BCUT2D eigenvalue weighted by Gasteiger charge is 2.29. The van der Waals surface area contributed by atoms with Gasteiger partial charge in [-0.3, -0.25) is 4.79 Å². The minimum absolute atomic E-state index is 0.131. The van der Waals surface area contributed by atoms with E-state index in [4.69, 9.17) is 9.84 Å². The lowest BCUT2D eigenvalue weighted by molar-refractivity contribution is -0.136.